The second-order valence-corrected chi connectivity index (χ2v) is 5.20. The van der Waals surface area contributed by atoms with Crippen LogP contribution in [0.5, 0.6) is 0 Å². The molecule has 0 saturated heterocycles. The van der Waals surface area contributed by atoms with E-state index in [9.17, 15) is 23.1 Å². The van der Waals surface area contributed by atoms with Crippen molar-refractivity contribution >= 4 is 5.91 Å². The lowest BCUT2D eigenvalue weighted by molar-refractivity contribution is 0.0750. The lowest BCUT2D eigenvalue weighted by atomic mass is 9.82. The first-order chi connectivity index (χ1) is 9.47. The van der Waals surface area contributed by atoms with Gasteiger partial charge in [0.15, 0.2) is 0 Å². The predicted octanol–water partition coefficient (Wildman–Crippen LogP) is 2.53. The molecule has 1 amide bonds. The van der Waals surface area contributed by atoms with Gasteiger partial charge >= 0.3 is 0 Å². The Morgan fingerprint density at radius 2 is 1.70 bits per heavy atom. The van der Waals surface area contributed by atoms with Crippen molar-refractivity contribution in [1.82, 2.24) is 5.32 Å². The number of aliphatic hydroxyl groups excluding tert-OH is 1. The maximum Gasteiger partial charge on any atom is 0.257 e. The molecule has 6 heteroatoms. The molecule has 1 aliphatic carbocycles. The maximum atomic E-state index is 13.5. The normalized spacial score (nSPS) is 17.8. The Bertz CT molecular complexity index is 490. The van der Waals surface area contributed by atoms with E-state index in [2.05, 4.69) is 5.32 Å². The zero-order valence-corrected chi connectivity index (χ0v) is 10.9. The van der Waals surface area contributed by atoms with Gasteiger partial charge in [-0.3, -0.25) is 4.79 Å². The highest BCUT2D eigenvalue weighted by atomic mass is 19.1. The van der Waals surface area contributed by atoms with E-state index in [0.717, 1.165) is 19.3 Å². The molecule has 2 rings (SSSR count). The third-order valence-electron chi connectivity index (χ3n) is 3.73. The Labute approximate surface area is 114 Å². The summed E-state index contributed by atoms with van der Waals surface area (Å²) < 4.78 is 39.9. The summed E-state index contributed by atoms with van der Waals surface area (Å²) >= 11 is 0. The van der Waals surface area contributed by atoms with Gasteiger partial charge in [-0.2, -0.15) is 0 Å². The summed E-state index contributed by atoms with van der Waals surface area (Å²) in [4.78, 5) is 12.0. The van der Waals surface area contributed by atoms with Crippen molar-refractivity contribution in [2.24, 2.45) is 0 Å². The summed E-state index contributed by atoms with van der Waals surface area (Å²) in [5, 5.41) is 12.0. The summed E-state index contributed by atoms with van der Waals surface area (Å²) in [5.41, 5.74) is -1.66. The Kier molecular flexibility index (Phi) is 4.32. The van der Waals surface area contributed by atoms with Crippen molar-refractivity contribution in [2.75, 3.05) is 6.61 Å². The molecule has 110 valence electrons. The Morgan fingerprint density at radius 3 is 2.20 bits per heavy atom. The summed E-state index contributed by atoms with van der Waals surface area (Å²) in [5.74, 6) is -4.53. The highest BCUT2D eigenvalue weighted by Gasteiger charge is 2.34. The average molecular weight is 287 g/mol. The molecule has 3 nitrogen and oxygen atoms in total. The predicted molar refractivity (Wildman–Crippen MR) is 66.7 cm³/mol. The van der Waals surface area contributed by atoms with E-state index in [1.807, 2.05) is 0 Å². The smallest absolute Gasteiger partial charge is 0.257 e. The molecule has 0 unspecified atom stereocenters. The molecule has 1 saturated carbocycles. The fourth-order valence-corrected chi connectivity index (χ4v) is 2.61. The van der Waals surface area contributed by atoms with E-state index in [4.69, 9.17) is 0 Å². The molecule has 0 heterocycles. The number of benzene rings is 1. The number of hydrogen-bond acceptors (Lipinski definition) is 2. The van der Waals surface area contributed by atoms with Gasteiger partial charge in [0.25, 0.3) is 5.91 Å². The molecule has 1 aromatic carbocycles. The fourth-order valence-electron chi connectivity index (χ4n) is 2.61. The molecule has 1 aliphatic rings. The summed E-state index contributed by atoms with van der Waals surface area (Å²) in [6.45, 7) is -0.289. The van der Waals surface area contributed by atoms with E-state index in [0.29, 0.717) is 25.0 Å². The number of amides is 1. The van der Waals surface area contributed by atoms with Crippen LogP contribution in [-0.2, 0) is 0 Å². The molecule has 0 atom stereocenters. The highest BCUT2D eigenvalue weighted by Crippen LogP contribution is 2.28. The van der Waals surface area contributed by atoms with Crippen LogP contribution in [0.1, 0.15) is 42.5 Å². The third-order valence-corrected chi connectivity index (χ3v) is 3.73. The number of aliphatic hydroxyl groups is 1. The van der Waals surface area contributed by atoms with Crippen LogP contribution in [-0.4, -0.2) is 23.2 Å². The van der Waals surface area contributed by atoms with E-state index < -0.39 is 34.5 Å². The van der Waals surface area contributed by atoms with Crippen molar-refractivity contribution < 1.29 is 23.1 Å². The summed E-state index contributed by atoms with van der Waals surface area (Å²) in [6, 6.07) is 0.926. The van der Waals surface area contributed by atoms with Gasteiger partial charge < -0.3 is 10.4 Å². The lowest BCUT2D eigenvalue weighted by Crippen LogP contribution is -2.52. The minimum atomic E-state index is -1.25. The van der Waals surface area contributed by atoms with Crippen LogP contribution in [0.25, 0.3) is 0 Å². The number of hydrogen-bond donors (Lipinski definition) is 2. The molecular formula is C14H16F3NO2. The van der Waals surface area contributed by atoms with E-state index >= 15 is 0 Å². The first kappa shape index (κ1) is 14.8. The number of nitrogens with one attached hydrogen (secondary N) is 1. The highest BCUT2D eigenvalue weighted by molar-refractivity contribution is 5.95. The number of carbonyl (C=O) groups excluding carboxylic acids is 1. The average Bonchev–Trinajstić information content (AvgIpc) is 2.38. The molecule has 0 aliphatic heterocycles. The molecule has 2 N–H and O–H groups in total. The van der Waals surface area contributed by atoms with Crippen LogP contribution >= 0.6 is 0 Å². The number of carbonyl (C=O) groups is 1. The molecule has 20 heavy (non-hydrogen) atoms. The third kappa shape index (κ3) is 2.95. The van der Waals surface area contributed by atoms with Crippen LogP contribution < -0.4 is 5.32 Å². The quantitative estimate of drug-likeness (QED) is 0.897. The van der Waals surface area contributed by atoms with Gasteiger partial charge in [-0.05, 0) is 12.8 Å². The minimum Gasteiger partial charge on any atom is -0.394 e. The topological polar surface area (TPSA) is 49.3 Å². The van der Waals surface area contributed by atoms with E-state index in [-0.39, 0.29) is 6.61 Å². The van der Waals surface area contributed by atoms with Crippen molar-refractivity contribution in [3.8, 4) is 0 Å². The largest absolute Gasteiger partial charge is 0.394 e. The second-order valence-electron chi connectivity index (χ2n) is 5.20. The first-order valence-corrected chi connectivity index (χ1v) is 6.55. The van der Waals surface area contributed by atoms with Gasteiger partial charge in [-0.1, -0.05) is 19.3 Å². The monoisotopic (exact) mass is 287 g/mol. The molecule has 0 radical (unpaired) electrons. The molecule has 0 bridgehead atoms. The lowest BCUT2D eigenvalue weighted by Gasteiger charge is -2.36. The first-order valence-electron chi connectivity index (χ1n) is 6.55. The second kappa shape index (κ2) is 5.83. The van der Waals surface area contributed by atoms with Crippen LogP contribution in [0.4, 0.5) is 13.2 Å². The Hall–Kier alpha value is -1.56. The molecular weight excluding hydrogens is 271 g/mol. The summed E-state index contributed by atoms with van der Waals surface area (Å²) in [7, 11) is 0. The van der Waals surface area contributed by atoms with Gasteiger partial charge in [0.2, 0.25) is 0 Å². The Balaban J connectivity index is 2.23. The van der Waals surface area contributed by atoms with E-state index in [1.54, 1.807) is 0 Å². The van der Waals surface area contributed by atoms with Gasteiger partial charge in [-0.25, -0.2) is 13.2 Å². The van der Waals surface area contributed by atoms with Crippen molar-refractivity contribution in [1.29, 1.82) is 0 Å². The van der Waals surface area contributed by atoms with Gasteiger partial charge in [0, 0.05) is 12.1 Å². The van der Waals surface area contributed by atoms with Crippen LogP contribution in [0.3, 0.4) is 0 Å². The van der Waals surface area contributed by atoms with Crippen LogP contribution in [0.2, 0.25) is 0 Å². The Morgan fingerprint density at radius 1 is 1.15 bits per heavy atom. The number of halogens is 3. The fraction of sp³-hybridized carbons (Fsp3) is 0.500. The summed E-state index contributed by atoms with van der Waals surface area (Å²) in [6.07, 6.45) is 3.76. The SMILES string of the molecule is O=C(NC1(CO)CCCCC1)c1c(F)cc(F)cc1F. The zero-order valence-electron chi connectivity index (χ0n) is 10.9. The van der Waals surface area contributed by atoms with Crippen molar-refractivity contribution in [3.05, 3.63) is 35.1 Å². The maximum absolute atomic E-state index is 13.5. The van der Waals surface area contributed by atoms with E-state index in [1.165, 1.54) is 0 Å². The molecule has 1 aromatic rings. The molecule has 1 fully saturated rings. The van der Waals surface area contributed by atoms with Crippen LogP contribution in [0.15, 0.2) is 12.1 Å². The molecule has 0 spiro atoms. The van der Waals surface area contributed by atoms with Gasteiger partial charge in [-0.15, -0.1) is 0 Å². The van der Waals surface area contributed by atoms with Crippen LogP contribution in [0, 0.1) is 17.5 Å². The number of rotatable bonds is 3. The van der Waals surface area contributed by atoms with Gasteiger partial charge in [0.1, 0.15) is 23.0 Å². The molecule has 0 aromatic heterocycles. The zero-order chi connectivity index (χ0) is 14.8. The van der Waals surface area contributed by atoms with Crippen molar-refractivity contribution in [2.45, 2.75) is 37.6 Å². The van der Waals surface area contributed by atoms with Crippen molar-refractivity contribution in [3.63, 3.8) is 0 Å². The van der Waals surface area contributed by atoms with Gasteiger partial charge in [0.05, 0.1) is 12.1 Å². The standard InChI is InChI=1S/C14H16F3NO2/c15-9-6-10(16)12(11(17)7-9)13(20)18-14(8-19)4-2-1-3-5-14/h6-7,19H,1-5,8H2,(H,18,20). The minimum absolute atomic E-state index is 0.289.